The van der Waals surface area contributed by atoms with E-state index in [2.05, 4.69) is 19.2 Å². The van der Waals surface area contributed by atoms with Gasteiger partial charge in [-0.05, 0) is 19.4 Å². The summed E-state index contributed by atoms with van der Waals surface area (Å²) in [7, 11) is 3.74. The van der Waals surface area contributed by atoms with Crippen LogP contribution < -0.4 is 5.32 Å². The van der Waals surface area contributed by atoms with Crippen molar-refractivity contribution in [3.05, 3.63) is 0 Å². The van der Waals surface area contributed by atoms with Gasteiger partial charge in [-0.2, -0.15) is 0 Å². The summed E-state index contributed by atoms with van der Waals surface area (Å²) < 4.78 is 0. The van der Waals surface area contributed by atoms with Gasteiger partial charge in [-0.1, -0.05) is 13.8 Å². The minimum Gasteiger partial charge on any atom is -0.344 e. The summed E-state index contributed by atoms with van der Waals surface area (Å²) in [6.45, 7) is 5.20. The van der Waals surface area contributed by atoms with Crippen molar-refractivity contribution in [2.24, 2.45) is 5.92 Å². The van der Waals surface area contributed by atoms with Crippen molar-refractivity contribution in [1.82, 2.24) is 10.2 Å². The molecule has 1 N–H and O–H groups in total. The molecular weight excluding hydrogens is 152 g/mol. The van der Waals surface area contributed by atoms with Crippen LogP contribution in [0.15, 0.2) is 0 Å². The first kappa shape index (κ1) is 11.4. The van der Waals surface area contributed by atoms with Gasteiger partial charge in [0.15, 0.2) is 0 Å². The lowest BCUT2D eigenvalue weighted by molar-refractivity contribution is -0.119. The van der Waals surface area contributed by atoms with Crippen molar-refractivity contribution in [1.29, 1.82) is 0 Å². The van der Waals surface area contributed by atoms with Gasteiger partial charge in [0.2, 0.25) is 6.41 Å². The Morgan fingerprint density at radius 3 is 2.42 bits per heavy atom. The second-order valence-electron chi connectivity index (χ2n) is 3.61. The Bertz CT molecular complexity index is 126. The van der Waals surface area contributed by atoms with Gasteiger partial charge in [0.05, 0.1) is 0 Å². The first-order valence-electron chi connectivity index (χ1n) is 4.43. The summed E-state index contributed by atoms with van der Waals surface area (Å²) in [5.41, 5.74) is 0. The van der Waals surface area contributed by atoms with Gasteiger partial charge < -0.3 is 10.2 Å². The molecule has 1 atom stereocenters. The van der Waals surface area contributed by atoms with Crippen molar-refractivity contribution < 1.29 is 4.79 Å². The second-order valence-corrected chi connectivity index (χ2v) is 3.61. The van der Waals surface area contributed by atoms with Crippen LogP contribution >= 0.6 is 0 Å². The third-order valence-electron chi connectivity index (χ3n) is 1.93. The van der Waals surface area contributed by atoms with E-state index in [-0.39, 0.29) is 0 Å². The highest BCUT2D eigenvalue weighted by atomic mass is 16.1. The molecule has 0 saturated heterocycles. The number of likely N-dealkylation sites (N-methyl/N-ethyl adjacent to an activating group) is 2. The molecule has 0 aliphatic heterocycles. The average Bonchev–Trinajstić information content (AvgIpc) is 2.01. The Labute approximate surface area is 75.1 Å². The largest absolute Gasteiger partial charge is 0.344 e. The van der Waals surface area contributed by atoms with E-state index in [4.69, 9.17) is 0 Å². The zero-order valence-corrected chi connectivity index (χ0v) is 8.50. The van der Waals surface area contributed by atoms with Gasteiger partial charge in [0.25, 0.3) is 0 Å². The zero-order chi connectivity index (χ0) is 9.56. The minimum absolute atomic E-state index is 0.326. The third-order valence-corrected chi connectivity index (χ3v) is 1.93. The van der Waals surface area contributed by atoms with Crippen molar-refractivity contribution >= 4 is 6.41 Å². The Kier molecular flexibility index (Phi) is 5.72. The summed E-state index contributed by atoms with van der Waals surface area (Å²) in [4.78, 5) is 12.2. The van der Waals surface area contributed by atoms with Crippen LogP contribution in [0.3, 0.4) is 0 Å². The smallest absolute Gasteiger partial charge is 0.209 e. The minimum atomic E-state index is 0.326. The van der Waals surface area contributed by atoms with Crippen molar-refractivity contribution in [2.75, 3.05) is 20.6 Å². The van der Waals surface area contributed by atoms with Crippen LogP contribution in [0.4, 0.5) is 0 Å². The molecule has 0 saturated carbocycles. The van der Waals surface area contributed by atoms with E-state index in [9.17, 15) is 4.79 Å². The van der Waals surface area contributed by atoms with Crippen LogP contribution in [-0.2, 0) is 4.79 Å². The lowest BCUT2D eigenvalue weighted by Crippen LogP contribution is -2.39. The maximum Gasteiger partial charge on any atom is 0.209 e. The molecule has 72 valence electrons. The number of hydrogen-bond donors (Lipinski definition) is 1. The van der Waals surface area contributed by atoms with Crippen molar-refractivity contribution in [3.63, 3.8) is 0 Å². The van der Waals surface area contributed by atoms with Crippen LogP contribution in [0.1, 0.15) is 20.3 Å². The van der Waals surface area contributed by atoms with E-state index in [1.165, 1.54) is 0 Å². The van der Waals surface area contributed by atoms with Crippen LogP contribution in [0.5, 0.6) is 0 Å². The highest BCUT2D eigenvalue weighted by Crippen LogP contribution is 2.07. The zero-order valence-electron chi connectivity index (χ0n) is 8.50. The van der Waals surface area contributed by atoms with Gasteiger partial charge in [0.1, 0.15) is 0 Å². The highest BCUT2D eigenvalue weighted by Gasteiger charge is 2.13. The normalized spacial score (nSPS) is 13.1. The topological polar surface area (TPSA) is 32.3 Å². The molecule has 0 fully saturated rings. The van der Waals surface area contributed by atoms with E-state index < -0.39 is 0 Å². The number of amides is 1. The lowest BCUT2D eigenvalue weighted by atomic mass is 10.0. The van der Waals surface area contributed by atoms with E-state index in [1.807, 2.05) is 14.1 Å². The van der Waals surface area contributed by atoms with E-state index in [0.29, 0.717) is 12.0 Å². The number of rotatable bonds is 6. The molecule has 0 aliphatic carbocycles. The molecular formula is C9H20N2O. The van der Waals surface area contributed by atoms with Crippen LogP contribution in [0.25, 0.3) is 0 Å². The maximum atomic E-state index is 10.5. The molecule has 0 rings (SSSR count). The SMILES string of the molecule is CNC[C@H](CC(C)C)N(C)C=O. The molecule has 12 heavy (non-hydrogen) atoms. The number of nitrogens with zero attached hydrogens (tertiary/aromatic N) is 1. The molecule has 3 nitrogen and oxygen atoms in total. The maximum absolute atomic E-state index is 10.5. The van der Waals surface area contributed by atoms with E-state index in [0.717, 1.165) is 19.4 Å². The van der Waals surface area contributed by atoms with E-state index >= 15 is 0 Å². The number of hydrogen-bond acceptors (Lipinski definition) is 2. The fourth-order valence-corrected chi connectivity index (χ4v) is 1.26. The first-order valence-corrected chi connectivity index (χ1v) is 4.43. The molecule has 0 aromatic heterocycles. The molecule has 0 aromatic carbocycles. The predicted octanol–water partition coefficient (Wildman–Crippen LogP) is 0.709. The average molecular weight is 172 g/mol. The second kappa shape index (κ2) is 6.00. The number of carbonyl (C=O) groups excluding carboxylic acids is 1. The van der Waals surface area contributed by atoms with E-state index in [1.54, 1.807) is 4.90 Å². The third kappa shape index (κ3) is 4.34. The molecule has 1 amide bonds. The van der Waals surface area contributed by atoms with Gasteiger partial charge in [0, 0.05) is 19.6 Å². The van der Waals surface area contributed by atoms with Gasteiger partial charge in [-0.3, -0.25) is 4.79 Å². The molecule has 0 aliphatic rings. The van der Waals surface area contributed by atoms with Crippen LogP contribution in [0, 0.1) is 5.92 Å². The van der Waals surface area contributed by atoms with Gasteiger partial charge in [-0.15, -0.1) is 0 Å². The molecule has 0 aromatic rings. The standard InChI is InChI=1S/C9H20N2O/c1-8(2)5-9(6-10-3)11(4)7-12/h7-10H,5-6H2,1-4H3/t9-/m0/s1. The summed E-state index contributed by atoms with van der Waals surface area (Å²) in [6.07, 6.45) is 1.94. The summed E-state index contributed by atoms with van der Waals surface area (Å²) in [5, 5.41) is 3.09. The monoisotopic (exact) mass is 172 g/mol. The predicted molar refractivity (Wildman–Crippen MR) is 51.0 cm³/mol. The fourth-order valence-electron chi connectivity index (χ4n) is 1.26. The van der Waals surface area contributed by atoms with Crippen LogP contribution in [-0.4, -0.2) is 38.0 Å². The Balaban J connectivity index is 3.93. The van der Waals surface area contributed by atoms with Crippen molar-refractivity contribution in [3.8, 4) is 0 Å². The fraction of sp³-hybridized carbons (Fsp3) is 0.889. The quantitative estimate of drug-likeness (QED) is 0.598. The summed E-state index contributed by atoms with van der Waals surface area (Å²) >= 11 is 0. The lowest BCUT2D eigenvalue weighted by Gasteiger charge is -2.25. The highest BCUT2D eigenvalue weighted by molar-refractivity contribution is 5.47. The van der Waals surface area contributed by atoms with Gasteiger partial charge in [-0.25, -0.2) is 0 Å². The Morgan fingerprint density at radius 2 is 2.08 bits per heavy atom. The molecule has 0 unspecified atom stereocenters. The first-order chi connectivity index (χ1) is 5.61. The molecule has 3 heteroatoms. The summed E-state index contributed by atoms with van der Waals surface area (Å²) in [5.74, 6) is 0.630. The molecule has 0 radical (unpaired) electrons. The van der Waals surface area contributed by atoms with Gasteiger partial charge >= 0.3 is 0 Å². The van der Waals surface area contributed by atoms with Crippen molar-refractivity contribution in [2.45, 2.75) is 26.3 Å². The number of nitrogens with one attached hydrogen (secondary N) is 1. The number of carbonyl (C=O) groups is 1. The molecule has 0 heterocycles. The Hall–Kier alpha value is -0.570. The molecule has 0 spiro atoms. The molecule has 0 bridgehead atoms. The van der Waals surface area contributed by atoms with Crippen LogP contribution in [0.2, 0.25) is 0 Å². The summed E-state index contributed by atoms with van der Waals surface area (Å²) in [6, 6.07) is 0.326. The Morgan fingerprint density at radius 1 is 1.50 bits per heavy atom.